The number of hydrogen-bond donors (Lipinski definition) is 1. The number of piperidine rings is 1. The monoisotopic (exact) mass is 437 g/mol. The van der Waals surface area contributed by atoms with E-state index in [1.807, 2.05) is 32.0 Å². The predicted octanol–water partition coefficient (Wildman–Crippen LogP) is 4.13. The highest BCUT2D eigenvalue weighted by atomic mass is 32.1. The van der Waals surface area contributed by atoms with Gasteiger partial charge in [0.05, 0.1) is 9.80 Å². The van der Waals surface area contributed by atoms with Crippen molar-refractivity contribution in [2.45, 2.75) is 32.7 Å². The molecule has 1 saturated heterocycles. The Morgan fingerprint density at radius 1 is 1.16 bits per heavy atom. The Hall–Kier alpha value is -3.33. The second kappa shape index (κ2) is 8.81. The maximum Gasteiger partial charge on any atom is 0.270 e. The third-order valence-electron chi connectivity index (χ3n) is 5.27. The minimum atomic E-state index is -0.420. The summed E-state index contributed by atoms with van der Waals surface area (Å²) < 4.78 is 0. The molecule has 2 aromatic heterocycles. The number of carbonyl (C=O) groups excluding carboxylic acids is 1. The Labute approximate surface area is 184 Å². The first kappa shape index (κ1) is 20.9. The Kier molecular flexibility index (Phi) is 5.94. The van der Waals surface area contributed by atoms with Gasteiger partial charge in [0.2, 0.25) is 0 Å². The Morgan fingerprint density at radius 2 is 1.94 bits per heavy atom. The number of hydrogen-bond acceptors (Lipinski definition) is 7. The van der Waals surface area contributed by atoms with E-state index >= 15 is 0 Å². The topological polar surface area (TPSA) is 101 Å². The highest BCUT2D eigenvalue weighted by Gasteiger charge is 2.23. The van der Waals surface area contributed by atoms with Gasteiger partial charge in [-0.3, -0.25) is 14.9 Å². The molecule has 0 atom stereocenters. The van der Waals surface area contributed by atoms with Crippen LogP contribution < -0.4 is 10.2 Å². The fourth-order valence-corrected chi connectivity index (χ4v) is 4.44. The largest absolute Gasteiger partial charge is 0.356 e. The van der Waals surface area contributed by atoms with Gasteiger partial charge in [-0.05, 0) is 38.8 Å². The molecule has 1 amide bonds. The van der Waals surface area contributed by atoms with E-state index in [4.69, 9.17) is 0 Å². The van der Waals surface area contributed by atoms with Crippen LogP contribution in [0, 0.1) is 24.0 Å². The molecule has 4 rings (SSSR count). The molecule has 1 aliphatic heterocycles. The fraction of sp³-hybridized carbons (Fsp3) is 0.318. The van der Waals surface area contributed by atoms with Crippen molar-refractivity contribution in [3.63, 3.8) is 0 Å². The van der Waals surface area contributed by atoms with Crippen LogP contribution >= 0.6 is 11.3 Å². The number of aryl methyl sites for hydroxylation is 2. The molecule has 31 heavy (non-hydrogen) atoms. The van der Waals surface area contributed by atoms with Crippen molar-refractivity contribution < 1.29 is 9.72 Å². The van der Waals surface area contributed by atoms with Crippen molar-refractivity contribution in [3.8, 4) is 11.4 Å². The molecule has 3 aromatic rings. The first-order valence-electron chi connectivity index (χ1n) is 10.1. The van der Waals surface area contributed by atoms with E-state index in [1.54, 1.807) is 12.1 Å². The van der Waals surface area contributed by atoms with E-state index in [0.717, 1.165) is 47.2 Å². The van der Waals surface area contributed by atoms with Gasteiger partial charge >= 0.3 is 0 Å². The second-order valence-corrected chi connectivity index (χ2v) is 8.93. The molecule has 0 bridgehead atoms. The minimum Gasteiger partial charge on any atom is -0.356 e. The van der Waals surface area contributed by atoms with Crippen LogP contribution in [-0.4, -0.2) is 39.9 Å². The van der Waals surface area contributed by atoms with E-state index in [9.17, 15) is 14.9 Å². The lowest BCUT2D eigenvalue weighted by atomic mass is 10.0. The molecule has 160 valence electrons. The summed E-state index contributed by atoms with van der Waals surface area (Å²) >= 11 is 1.50. The molecule has 1 aromatic carbocycles. The average Bonchev–Trinajstić information content (AvgIpc) is 3.20. The first-order valence-corrected chi connectivity index (χ1v) is 10.9. The molecule has 1 fully saturated rings. The minimum absolute atomic E-state index is 0.0117. The number of nitrogens with zero attached hydrogens (tertiary/aromatic N) is 4. The van der Waals surface area contributed by atoms with Gasteiger partial charge in [-0.1, -0.05) is 12.1 Å². The first-order chi connectivity index (χ1) is 14.9. The Bertz CT molecular complexity index is 1120. The lowest BCUT2D eigenvalue weighted by Crippen LogP contribution is -2.44. The van der Waals surface area contributed by atoms with Crippen LogP contribution in [0.5, 0.6) is 0 Å². The second-order valence-electron chi connectivity index (χ2n) is 7.64. The van der Waals surface area contributed by atoms with E-state index in [-0.39, 0.29) is 17.6 Å². The van der Waals surface area contributed by atoms with Crippen LogP contribution in [-0.2, 0) is 0 Å². The zero-order valence-electron chi connectivity index (χ0n) is 17.4. The number of thiophene rings is 1. The number of nitrogens with one attached hydrogen (secondary N) is 1. The van der Waals surface area contributed by atoms with Gasteiger partial charge < -0.3 is 10.2 Å². The quantitative estimate of drug-likeness (QED) is 0.476. The highest BCUT2D eigenvalue weighted by molar-refractivity contribution is 7.13. The summed E-state index contributed by atoms with van der Waals surface area (Å²) in [5.41, 5.74) is 1.43. The van der Waals surface area contributed by atoms with Crippen molar-refractivity contribution in [1.82, 2.24) is 15.3 Å². The van der Waals surface area contributed by atoms with E-state index in [1.165, 1.54) is 23.5 Å². The zero-order valence-corrected chi connectivity index (χ0v) is 18.2. The van der Waals surface area contributed by atoms with Crippen molar-refractivity contribution in [2.24, 2.45) is 0 Å². The number of benzene rings is 1. The highest BCUT2D eigenvalue weighted by Crippen LogP contribution is 2.25. The van der Waals surface area contributed by atoms with Gasteiger partial charge in [0, 0.05) is 53.5 Å². The number of non-ortho nitro benzene ring substituents is 1. The zero-order chi connectivity index (χ0) is 22.0. The Balaban J connectivity index is 1.44. The Morgan fingerprint density at radius 3 is 2.61 bits per heavy atom. The third-order valence-corrected chi connectivity index (χ3v) is 6.27. The van der Waals surface area contributed by atoms with E-state index in [0.29, 0.717) is 11.4 Å². The summed E-state index contributed by atoms with van der Waals surface area (Å²) in [4.78, 5) is 36.3. The number of nitro benzene ring substituents is 1. The van der Waals surface area contributed by atoms with Crippen molar-refractivity contribution >= 4 is 28.7 Å². The summed E-state index contributed by atoms with van der Waals surface area (Å²) in [7, 11) is 0. The van der Waals surface area contributed by atoms with E-state index < -0.39 is 4.92 Å². The number of carbonyl (C=O) groups is 1. The molecule has 0 unspecified atom stereocenters. The van der Waals surface area contributed by atoms with Crippen LogP contribution in [0.3, 0.4) is 0 Å². The maximum atomic E-state index is 12.4. The summed E-state index contributed by atoms with van der Waals surface area (Å²) in [6, 6.07) is 12.2. The molecule has 0 aliphatic carbocycles. The normalized spacial score (nSPS) is 14.5. The number of aromatic nitrogens is 2. The number of nitro groups is 1. The van der Waals surface area contributed by atoms with Crippen molar-refractivity contribution in [1.29, 1.82) is 0 Å². The smallest absolute Gasteiger partial charge is 0.270 e. The average molecular weight is 438 g/mol. The standard InChI is InChI=1S/C22H23N5O3S/c1-14-12-20(25-21(23-14)16-4-3-5-18(13-16)27(29)30)26-10-8-17(9-11-26)24-22(28)19-7-6-15(2)31-19/h3-7,12-13,17H,8-11H2,1-2H3,(H,24,28). The molecule has 0 saturated carbocycles. The summed E-state index contributed by atoms with van der Waals surface area (Å²) in [5, 5.41) is 14.2. The fourth-order valence-electron chi connectivity index (χ4n) is 3.67. The third kappa shape index (κ3) is 4.88. The van der Waals surface area contributed by atoms with Crippen LogP contribution in [0.4, 0.5) is 11.5 Å². The molecule has 0 spiro atoms. The summed E-state index contributed by atoms with van der Waals surface area (Å²) in [6.45, 7) is 5.41. The van der Waals surface area contributed by atoms with Gasteiger partial charge in [-0.2, -0.15) is 0 Å². The molecule has 9 heteroatoms. The molecular formula is C22H23N5O3S. The van der Waals surface area contributed by atoms with Crippen molar-refractivity contribution in [2.75, 3.05) is 18.0 Å². The van der Waals surface area contributed by atoms with Crippen LogP contribution in [0.2, 0.25) is 0 Å². The van der Waals surface area contributed by atoms with Gasteiger partial charge in [0.25, 0.3) is 11.6 Å². The van der Waals surface area contributed by atoms with Crippen LogP contribution in [0.1, 0.15) is 33.1 Å². The van der Waals surface area contributed by atoms with Gasteiger partial charge in [0.1, 0.15) is 5.82 Å². The maximum absolute atomic E-state index is 12.4. The molecule has 0 radical (unpaired) electrons. The molecule has 1 aliphatic rings. The van der Waals surface area contributed by atoms with Crippen LogP contribution in [0.15, 0.2) is 42.5 Å². The van der Waals surface area contributed by atoms with Gasteiger partial charge in [-0.25, -0.2) is 9.97 Å². The van der Waals surface area contributed by atoms with Gasteiger partial charge in [-0.15, -0.1) is 11.3 Å². The van der Waals surface area contributed by atoms with Crippen molar-refractivity contribution in [3.05, 3.63) is 68.0 Å². The molecule has 1 N–H and O–H groups in total. The predicted molar refractivity (Wildman–Crippen MR) is 121 cm³/mol. The summed E-state index contributed by atoms with van der Waals surface area (Å²) in [6.07, 6.45) is 1.65. The molecular weight excluding hydrogens is 414 g/mol. The van der Waals surface area contributed by atoms with Crippen LogP contribution in [0.25, 0.3) is 11.4 Å². The molecule has 8 nitrogen and oxygen atoms in total. The lowest BCUT2D eigenvalue weighted by Gasteiger charge is -2.33. The number of rotatable bonds is 5. The van der Waals surface area contributed by atoms with Gasteiger partial charge in [0.15, 0.2) is 5.82 Å². The molecule has 3 heterocycles. The summed E-state index contributed by atoms with van der Waals surface area (Å²) in [5.74, 6) is 1.26. The number of anilines is 1. The SMILES string of the molecule is Cc1cc(N2CCC(NC(=O)c3ccc(C)s3)CC2)nc(-c2cccc([N+](=O)[O-])c2)n1. The number of amides is 1. The lowest BCUT2D eigenvalue weighted by molar-refractivity contribution is -0.384. The van der Waals surface area contributed by atoms with E-state index in [2.05, 4.69) is 20.2 Å².